The number of carbonyl (C=O) groups excluding carboxylic acids is 1. The standard InChI is InChI=1S/C22H25N3O2S/c1-2-15-27-18-9-7-17(8-10-18)22(26)25-13-11-24(12-14-25)16-21-23-19-5-3-4-6-20(19)28-21/h3-10H,2,11-16H2,1H3. The number of hydrogen-bond donors (Lipinski definition) is 0. The molecule has 0 N–H and O–H groups in total. The Bertz CT molecular complexity index is 897. The van der Waals surface area contributed by atoms with Crippen molar-refractivity contribution in [2.45, 2.75) is 19.9 Å². The Morgan fingerprint density at radius 3 is 2.54 bits per heavy atom. The highest BCUT2D eigenvalue weighted by Gasteiger charge is 2.22. The summed E-state index contributed by atoms with van der Waals surface area (Å²) in [6.45, 7) is 6.87. The number of hydrogen-bond acceptors (Lipinski definition) is 5. The Morgan fingerprint density at radius 2 is 1.82 bits per heavy atom. The van der Waals surface area contributed by atoms with E-state index < -0.39 is 0 Å². The first-order valence-electron chi connectivity index (χ1n) is 9.82. The average molecular weight is 396 g/mol. The molecule has 0 unspecified atom stereocenters. The molecule has 1 amide bonds. The second-order valence-corrected chi connectivity index (χ2v) is 8.13. The number of benzene rings is 2. The predicted octanol–water partition coefficient (Wildman–Crippen LogP) is 4.04. The zero-order valence-corrected chi connectivity index (χ0v) is 17.0. The molecule has 1 aromatic heterocycles. The molecule has 0 saturated carbocycles. The smallest absolute Gasteiger partial charge is 0.253 e. The van der Waals surface area contributed by atoms with Crippen molar-refractivity contribution in [3.63, 3.8) is 0 Å². The van der Waals surface area contributed by atoms with Gasteiger partial charge < -0.3 is 9.64 Å². The molecule has 5 nitrogen and oxygen atoms in total. The lowest BCUT2D eigenvalue weighted by Gasteiger charge is -2.34. The molecular weight excluding hydrogens is 370 g/mol. The molecule has 2 heterocycles. The number of thiazole rings is 1. The van der Waals surface area contributed by atoms with Crippen LogP contribution in [-0.2, 0) is 6.54 Å². The molecule has 6 heteroatoms. The second-order valence-electron chi connectivity index (χ2n) is 7.02. The van der Waals surface area contributed by atoms with Gasteiger partial charge in [0.05, 0.1) is 23.4 Å². The summed E-state index contributed by atoms with van der Waals surface area (Å²) < 4.78 is 6.83. The van der Waals surface area contributed by atoms with Crippen molar-refractivity contribution in [1.82, 2.24) is 14.8 Å². The molecule has 1 aliphatic heterocycles. The Hall–Kier alpha value is -2.44. The van der Waals surface area contributed by atoms with Gasteiger partial charge in [0, 0.05) is 31.7 Å². The van der Waals surface area contributed by atoms with E-state index >= 15 is 0 Å². The molecule has 2 aromatic carbocycles. The summed E-state index contributed by atoms with van der Waals surface area (Å²) >= 11 is 1.76. The topological polar surface area (TPSA) is 45.7 Å². The lowest BCUT2D eigenvalue weighted by atomic mass is 10.1. The number of nitrogens with zero attached hydrogens (tertiary/aromatic N) is 3. The van der Waals surface area contributed by atoms with E-state index in [9.17, 15) is 4.79 Å². The number of fused-ring (bicyclic) bond motifs is 1. The first-order valence-corrected chi connectivity index (χ1v) is 10.6. The van der Waals surface area contributed by atoms with Crippen LogP contribution in [0.2, 0.25) is 0 Å². The van der Waals surface area contributed by atoms with E-state index in [1.165, 1.54) is 4.70 Å². The van der Waals surface area contributed by atoms with Crippen LogP contribution in [0.15, 0.2) is 48.5 Å². The van der Waals surface area contributed by atoms with Crippen LogP contribution in [0, 0.1) is 0 Å². The van der Waals surface area contributed by atoms with Gasteiger partial charge in [-0.1, -0.05) is 19.1 Å². The van der Waals surface area contributed by atoms with Crippen LogP contribution >= 0.6 is 11.3 Å². The zero-order chi connectivity index (χ0) is 19.3. The number of carbonyl (C=O) groups is 1. The van der Waals surface area contributed by atoms with Crippen LogP contribution < -0.4 is 4.74 Å². The number of ether oxygens (including phenoxy) is 1. The lowest BCUT2D eigenvalue weighted by molar-refractivity contribution is 0.0628. The lowest BCUT2D eigenvalue weighted by Crippen LogP contribution is -2.48. The largest absolute Gasteiger partial charge is 0.494 e. The van der Waals surface area contributed by atoms with Crippen LogP contribution in [0.5, 0.6) is 5.75 Å². The number of aromatic nitrogens is 1. The van der Waals surface area contributed by atoms with Crippen LogP contribution in [0.1, 0.15) is 28.7 Å². The van der Waals surface area contributed by atoms with Crippen molar-refractivity contribution in [2.24, 2.45) is 0 Å². The fourth-order valence-corrected chi connectivity index (χ4v) is 4.39. The molecule has 0 atom stereocenters. The molecule has 4 rings (SSSR count). The molecule has 1 aliphatic rings. The van der Waals surface area contributed by atoms with Gasteiger partial charge in [0.25, 0.3) is 5.91 Å². The fourth-order valence-electron chi connectivity index (χ4n) is 3.38. The van der Waals surface area contributed by atoms with Gasteiger partial charge in [-0.3, -0.25) is 9.69 Å². The molecule has 146 valence electrons. The highest BCUT2D eigenvalue weighted by atomic mass is 32.1. The van der Waals surface area contributed by atoms with Crippen molar-refractivity contribution < 1.29 is 9.53 Å². The maximum atomic E-state index is 12.8. The van der Waals surface area contributed by atoms with Gasteiger partial charge in [-0.15, -0.1) is 11.3 Å². The Morgan fingerprint density at radius 1 is 1.07 bits per heavy atom. The van der Waals surface area contributed by atoms with E-state index in [1.807, 2.05) is 35.2 Å². The van der Waals surface area contributed by atoms with Crippen LogP contribution in [0.3, 0.4) is 0 Å². The van der Waals surface area contributed by atoms with Gasteiger partial charge in [-0.05, 0) is 42.8 Å². The van der Waals surface area contributed by atoms with Gasteiger partial charge in [0.15, 0.2) is 0 Å². The third-order valence-electron chi connectivity index (χ3n) is 4.93. The maximum absolute atomic E-state index is 12.8. The summed E-state index contributed by atoms with van der Waals surface area (Å²) in [4.78, 5) is 21.8. The van der Waals surface area contributed by atoms with Crippen LogP contribution in [-0.4, -0.2) is 53.5 Å². The van der Waals surface area contributed by atoms with Crippen LogP contribution in [0.4, 0.5) is 0 Å². The van der Waals surface area contributed by atoms with E-state index in [1.54, 1.807) is 11.3 Å². The van der Waals surface area contributed by atoms with Gasteiger partial charge in [-0.25, -0.2) is 4.98 Å². The van der Waals surface area contributed by atoms with Gasteiger partial charge in [-0.2, -0.15) is 0 Å². The number of para-hydroxylation sites is 1. The fraction of sp³-hybridized carbons (Fsp3) is 0.364. The summed E-state index contributed by atoms with van der Waals surface area (Å²) in [5.74, 6) is 0.917. The normalized spacial score (nSPS) is 15.1. The van der Waals surface area contributed by atoms with Gasteiger partial charge in [0.1, 0.15) is 10.8 Å². The number of rotatable bonds is 6. The molecule has 0 aliphatic carbocycles. The Kier molecular flexibility index (Phi) is 5.88. The first kappa shape index (κ1) is 18.9. The number of amides is 1. The summed E-state index contributed by atoms with van der Waals surface area (Å²) in [6.07, 6.45) is 0.974. The molecular formula is C22H25N3O2S. The molecule has 0 bridgehead atoms. The predicted molar refractivity (Wildman–Crippen MR) is 113 cm³/mol. The first-order chi connectivity index (χ1) is 13.7. The Balaban J connectivity index is 1.31. The summed E-state index contributed by atoms with van der Waals surface area (Å²) in [5, 5.41) is 1.14. The quantitative estimate of drug-likeness (QED) is 0.632. The molecule has 1 fully saturated rings. The summed E-state index contributed by atoms with van der Waals surface area (Å²) in [6, 6.07) is 15.7. The SMILES string of the molecule is CCCOc1ccc(C(=O)N2CCN(Cc3nc4ccccc4s3)CC2)cc1. The third kappa shape index (κ3) is 4.34. The van der Waals surface area contributed by atoms with Crippen LogP contribution in [0.25, 0.3) is 10.2 Å². The number of piperazine rings is 1. The van der Waals surface area contributed by atoms with Gasteiger partial charge in [0.2, 0.25) is 0 Å². The maximum Gasteiger partial charge on any atom is 0.253 e. The van der Waals surface area contributed by atoms with Crippen molar-refractivity contribution in [1.29, 1.82) is 0 Å². The minimum atomic E-state index is 0.0988. The molecule has 0 radical (unpaired) electrons. The summed E-state index contributed by atoms with van der Waals surface area (Å²) in [7, 11) is 0. The average Bonchev–Trinajstić information content (AvgIpc) is 3.15. The monoisotopic (exact) mass is 395 g/mol. The zero-order valence-electron chi connectivity index (χ0n) is 16.1. The van der Waals surface area contributed by atoms with E-state index in [0.717, 1.165) is 61.0 Å². The highest BCUT2D eigenvalue weighted by Crippen LogP contribution is 2.23. The minimum absolute atomic E-state index is 0.0988. The molecule has 3 aromatic rings. The van der Waals surface area contributed by atoms with E-state index in [4.69, 9.17) is 9.72 Å². The molecule has 0 spiro atoms. The second kappa shape index (κ2) is 8.71. The van der Waals surface area contributed by atoms with E-state index in [-0.39, 0.29) is 5.91 Å². The highest BCUT2D eigenvalue weighted by molar-refractivity contribution is 7.18. The van der Waals surface area contributed by atoms with Gasteiger partial charge >= 0.3 is 0 Å². The Labute approximate surface area is 169 Å². The van der Waals surface area contributed by atoms with Crippen molar-refractivity contribution >= 4 is 27.5 Å². The van der Waals surface area contributed by atoms with Crippen molar-refractivity contribution in [2.75, 3.05) is 32.8 Å². The third-order valence-corrected chi connectivity index (χ3v) is 5.95. The molecule has 1 saturated heterocycles. The molecule has 28 heavy (non-hydrogen) atoms. The van der Waals surface area contributed by atoms with E-state index in [0.29, 0.717) is 6.61 Å². The van der Waals surface area contributed by atoms with E-state index in [2.05, 4.69) is 30.0 Å². The van der Waals surface area contributed by atoms with Crippen molar-refractivity contribution in [3.8, 4) is 5.75 Å². The van der Waals surface area contributed by atoms with Crippen molar-refractivity contribution in [3.05, 3.63) is 59.1 Å². The summed E-state index contributed by atoms with van der Waals surface area (Å²) in [5.41, 5.74) is 1.80. The minimum Gasteiger partial charge on any atom is -0.494 e.